The van der Waals surface area contributed by atoms with E-state index in [4.69, 9.17) is 9.47 Å². The first-order chi connectivity index (χ1) is 23.9. The van der Waals surface area contributed by atoms with Crippen LogP contribution < -0.4 is 25.4 Å². The molecule has 12 heteroatoms. The van der Waals surface area contributed by atoms with Crippen LogP contribution in [-0.2, 0) is 22.6 Å². The Morgan fingerprint density at radius 2 is 1.48 bits per heavy atom. The van der Waals surface area contributed by atoms with Crippen molar-refractivity contribution in [2.75, 3.05) is 33.0 Å². The molecule has 276 valence electrons. The summed E-state index contributed by atoms with van der Waals surface area (Å²) in [6.45, 7) is 15.5. The van der Waals surface area contributed by atoms with Crippen LogP contribution in [0.3, 0.4) is 0 Å². The number of carbonyl (C=O) groups is 2. The van der Waals surface area contributed by atoms with Crippen LogP contribution in [0, 0.1) is 23.5 Å². The van der Waals surface area contributed by atoms with Gasteiger partial charge < -0.3 is 30.5 Å². The highest BCUT2D eigenvalue weighted by Crippen LogP contribution is 2.36. The molecule has 0 aliphatic carbocycles. The maximum Gasteiger partial charge on any atom is 0.239 e. The second kappa shape index (κ2) is 22.9. The summed E-state index contributed by atoms with van der Waals surface area (Å²) in [6, 6.07) is 17.7. The van der Waals surface area contributed by atoms with E-state index in [9.17, 15) is 23.5 Å². The van der Waals surface area contributed by atoms with Gasteiger partial charge in [-0.25, -0.2) is 13.1 Å². The first-order valence-corrected chi connectivity index (χ1v) is 17.9. The third-order valence-electron chi connectivity index (χ3n) is 6.63. The van der Waals surface area contributed by atoms with E-state index >= 15 is 0 Å². The lowest BCUT2D eigenvalue weighted by atomic mass is 10.0. The standard InChI is InChI=1S/C32H38F2N4O5S.C4H10.C2H6/c1-21(2)18-38(44-26-8-9-29-30(14-26)43-20-42-29)19-28(39)27(12-22-6-4-3-5-7-22)37-32(41)17-36-31(40)16-35-15-23-10-24(33)13-25(34)11-23;1-4(2)3;1-2/h3-11,13-14,21,27-28,35,39H,12,15-20H2,1-2H3,(H,36,40)(H,37,41);4H,1-3H3;1-2H3/t27-,28+;;/m0../s1. The van der Waals surface area contributed by atoms with Crippen molar-refractivity contribution in [2.24, 2.45) is 11.8 Å². The van der Waals surface area contributed by atoms with Gasteiger partial charge >= 0.3 is 0 Å². The minimum Gasteiger partial charge on any atom is -0.454 e. The molecular weight excluding hydrogens is 663 g/mol. The van der Waals surface area contributed by atoms with Gasteiger partial charge in [0.15, 0.2) is 11.5 Å². The molecule has 0 saturated heterocycles. The zero-order valence-electron chi connectivity index (χ0n) is 30.3. The quantitative estimate of drug-likeness (QED) is 0.127. The van der Waals surface area contributed by atoms with Gasteiger partial charge in [0.25, 0.3) is 0 Å². The first-order valence-electron chi connectivity index (χ1n) is 17.1. The van der Waals surface area contributed by atoms with E-state index in [2.05, 4.69) is 54.9 Å². The number of aliphatic hydroxyl groups excluding tert-OH is 1. The van der Waals surface area contributed by atoms with Crippen molar-refractivity contribution in [3.05, 3.63) is 89.5 Å². The molecule has 1 heterocycles. The number of amides is 2. The lowest BCUT2D eigenvalue weighted by Gasteiger charge is -2.30. The Morgan fingerprint density at radius 3 is 2.12 bits per heavy atom. The maximum atomic E-state index is 13.4. The van der Waals surface area contributed by atoms with Gasteiger partial charge in [-0.2, -0.15) is 0 Å². The Bertz CT molecular complexity index is 1420. The Labute approximate surface area is 300 Å². The average Bonchev–Trinajstić information content (AvgIpc) is 3.52. The summed E-state index contributed by atoms with van der Waals surface area (Å²) in [6.07, 6.45) is -0.541. The number of halogens is 2. The number of nitrogens with zero attached hydrogens (tertiary/aromatic N) is 1. The molecule has 1 aliphatic heterocycles. The highest BCUT2D eigenvalue weighted by Gasteiger charge is 2.26. The van der Waals surface area contributed by atoms with Gasteiger partial charge in [0.05, 0.1) is 25.2 Å². The summed E-state index contributed by atoms with van der Waals surface area (Å²) < 4.78 is 39.7. The molecule has 0 bridgehead atoms. The average molecular weight is 717 g/mol. The number of benzene rings is 3. The van der Waals surface area contributed by atoms with E-state index in [1.807, 2.05) is 62.4 Å². The molecular formula is C38H54F2N4O5S. The van der Waals surface area contributed by atoms with E-state index in [1.165, 1.54) is 24.1 Å². The van der Waals surface area contributed by atoms with Crippen molar-refractivity contribution < 1.29 is 33.0 Å². The van der Waals surface area contributed by atoms with Gasteiger partial charge in [0.2, 0.25) is 18.6 Å². The lowest BCUT2D eigenvalue weighted by molar-refractivity contribution is -0.126. The Hall–Kier alpha value is -3.71. The largest absolute Gasteiger partial charge is 0.454 e. The van der Waals surface area contributed by atoms with Crippen LogP contribution in [0.1, 0.15) is 59.6 Å². The molecule has 0 spiro atoms. The van der Waals surface area contributed by atoms with Gasteiger partial charge in [-0.1, -0.05) is 78.8 Å². The van der Waals surface area contributed by atoms with Crippen LogP contribution in [0.15, 0.2) is 71.6 Å². The second-order valence-corrected chi connectivity index (χ2v) is 13.8. The summed E-state index contributed by atoms with van der Waals surface area (Å²) in [5.41, 5.74) is 1.30. The van der Waals surface area contributed by atoms with Gasteiger partial charge in [-0.15, -0.1) is 0 Å². The van der Waals surface area contributed by atoms with Crippen molar-refractivity contribution in [3.63, 3.8) is 0 Å². The predicted octanol–water partition coefficient (Wildman–Crippen LogP) is 6.34. The number of hydrogen-bond acceptors (Lipinski definition) is 8. The monoisotopic (exact) mass is 716 g/mol. The van der Waals surface area contributed by atoms with E-state index in [0.717, 1.165) is 22.4 Å². The number of nitrogens with one attached hydrogen (secondary N) is 3. The fourth-order valence-corrected chi connectivity index (χ4v) is 5.85. The number of ether oxygens (including phenoxy) is 2. The number of hydrogen-bond donors (Lipinski definition) is 4. The molecule has 50 heavy (non-hydrogen) atoms. The summed E-state index contributed by atoms with van der Waals surface area (Å²) in [7, 11) is 0. The van der Waals surface area contributed by atoms with Crippen LogP contribution in [0.25, 0.3) is 0 Å². The third kappa shape index (κ3) is 16.8. The maximum absolute atomic E-state index is 13.4. The van der Waals surface area contributed by atoms with Gasteiger partial charge in [-0.05, 0) is 71.7 Å². The molecule has 0 aromatic heterocycles. The van der Waals surface area contributed by atoms with Crippen molar-refractivity contribution >= 4 is 23.8 Å². The first kappa shape index (κ1) is 42.5. The number of aliphatic hydroxyl groups is 1. The molecule has 9 nitrogen and oxygen atoms in total. The fraction of sp³-hybridized carbons (Fsp3) is 0.474. The van der Waals surface area contributed by atoms with Crippen molar-refractivity contribution in [3.8, 4) is 11.5 Å². The number of carbonyl (C=O) groups excluding carboxylic acids is 2. The van der Waals surface area contributed by atoms with Gasteiger partial charge in [-0.3, -0.25) is 9.59 Å². The Kier molecular flexibility index (Phi) is 19.4. The minimum atomic E-state index is -0.927. The molecule has 3 aromatic rings. The highest BCUT2D eigenvalue weighted by atomic mass is 32.2. The zero-order valence-corrected chi connectivity index (χ0v) is 31.1. The molecule has 1 aliphatic rings. The number of rotatable bonds is 16. The molecule has 4 N–H and O–H groups in total. The Morgan fingerprint density at radius 1 is 0.840 bits per heavy atom. The lowest BCUT2D eigenvalue weighted by Crippen LogP contribution is -2.51. The highest BCUT2D eigenvalue weighted by molar-refractivity contribution is 7.97. The van der Waals surface area contributed by atoms with Crippen molar-refractivity contribution in [1.82, 2.24) is 20.3 Å². The fourth-order valence-electron chi connectivity index (χ4n) is 4.66. The van der Waals surface area contributed by atoms with Crippen LogP contribution in [0.5, 0.6) is 11.5 Å². The third-order valence-corrected chi connectivity index (χ3v) is 7.65. The zero-order chi connectivity index (χ0) is 37.1. The summed E-state index contributed by atoms with van der Waals surface area (Å²) in [5.74, 6) is 0.206. The van der Waals surface area contributed by atoms with Crippen LogP contribution in [0.4, 0.5) is 8.78 Å². The number of fused-ring (bicyclic) bond motifs is 1. The Balaban J connectivity index is 0.00000135. The second-order valence-electron chi connectivity index (χ2n) is 12.7. The van der Waals surface area contributed by atoms with Gasteiger partial charge in [0, 0.05) is 30.6 Å². The summed E-state index contributed by atoms with van der Waals surface area (Å²) >= 11 is 1.50. The molecule has 4 rings (SSSR count). The van der Waals surface area contributed by atoms with E-state index in [1.54, 1.807) is 0 Å². The topological polar surface area (TPSA) is 112 Å². The van der Waals surface area contributed by atoms with Crippen LogP contribution in [0.2, 0.25) is 0 Å². The summed E-state index contributed by atoms with van der Waals surface area (Å²) in [5, 5.41) is 19.6. The van der Waals surface area contributed by atoms with Crippen LogP contribution in [-0.4, -0.2) is 66.3 Å². The molecule has 0 unspecified atom stereocenters. The van der Waals surface area contributed by atoms with E-state index in [-0.39, 0.29) is 33.0 Å². The van der Waals surface area contributed by atoms with E-state index in [0.29, 0.717) is 35.9 Å². The molecule has 0 radical (unpaired) electrons. The van der Waals surface area contributed by atoms with Gasteiger partial charge in [0.1, 0.15) is 11.6 Å². The summed E-state index contributed by atoms with van der Waals surface area (Å²) in [4.78, 5) is 26.1. The minimum absolute atomic E-state index is 0.0801. The molecule has 2 amide bonds. The molecule has 3 aromatic carbocycles. The molecule has 0 fully saturated rings. The molecule has 0 saturated carbocycles. The normalized spacial score (nSPS) is 12.8. The van der Waals surface area contributed by atoms with Crippen LogP contribution >= 0.6 is 11.9 Å². The SMILES string of the molecule is CC.CC(C)C.CC(C)CN(C[C@@H](O)[C@H](Cc1ccccc1)NC(=O)CNC(=O)CNCc1cc(F)cc(F)c1)Sc1ccc2c(c1)OCO2. The van der Waals surface area contributed by atoms with Crippen molar-refractivity contribution in [2.45, 2.75) is 78.5 Å². The smallest absolute Gasteiger partial charge is 0.239 e. The van der Waals surface area contributed by atoms with E-state index < -0.39 is 35.6 Å². The molecule has 2 atom stereocenters. The predicted molar refractivity (Wildman–Crippen MR) is 196 cm³/mol. The van der Waals surface area contributed by atoms with Crippen molar-refractivity contribution in [1.29, 1.82) is 0 Å².